The van der Waals surface area contributed by atoms with Crippen LogP contribution in [0.15, 0.2) is 56.8 Å². The van der Waals surface area contributed by atoms with Crippen molar-refractivity contribution in [2.45, 2.75) is 20.8 Å². The number of thioether (sulfide) groups is 1. The molecule has 0 unspecified atom stereocenters. The molecule has 1 aliphatic heterocycles. The Morgan fingerprint density at radius 1 is 1.14 bits per heavy atom. The Morgan fingerprint density at radius 3 is 2.48 bits per heavy atom. The lowest BCUT2D eigenvalue weighted by Crippen LogP contribution is -2.22. The summed E-state index contributed by atoms with van der Waals surface area (Å²) >= 11 is 5.00. The highest BCUT2D eigenvalue weighted by molar-refractivity contribution is 9.10. The average molecular weight is 474 g/mol. The fraction of sp³-hybridized carbons (Fsp3) is 0.273. The minimum atomic E-state index is -0.136. The minimum absolute atomic E-state index is 0.136. The van der Waals surface area contributed by atoms with E-state index in [2.05, 4.69) is 51.1 Å². The van der Waals surface area contributed by atoms with E-state index in [1.807, 2.05) is 49.4 Å². The Morgan fingerprint density at radius 2 is 1.86 bits per heavy atom. The molecule has 5 nitrogen and oxygen atoms in total. The second-order valence-electron chi connectivity index (χ2n) is 6.29. The second-order valence-corrected chi connectivity index (χ2v) is 8.18. The zero-order valence-corrected chi connectivity index (χ0v) is 19.1. The average Bonchev–Trinajstić information content (AvgIpc) is 3.05. The van der Waals surface area contributed by atoms with Gasteiger partial charge in [-0.05, 0) is 96.5 Å². The van der Waals surface area contributed by atoms with Crippen molar-refractivity contribution in [1.29, 1.82) is 0 Å². The van der Waals surface area contributed by atoms with Crippen molar-refractivity contribution in [3.8, 4) is 5.75 Å². The van der Waals surface area contributed by atoms with Crippen LogP contribution in [0.4, 0.5) is 11.4 Å². The number of benzene rings is 2. The molecule has 1 saturated heterocycles. The van der Waals surface area contributed by atoms with Gasteiger partial charge in [0.15, 0.2) is 5.17 Å². The Kier molecular flexibility index (Phi) is 7.39. The monoisotopic (exact) mass is 473 g/mol. The van der Waals surface area contributed by atoms with Gasteiger partial charge in [0.2, 0.25) is 0 Å². The van der Waals surface area contributed by atoms with Crippen LogP contribution in [0.1, 0.15) is 26.3 Å². The number of amidine groups is 1. The SMILES string of the molecule is CCOc1ccc(N=C2NC(=O)/C(=C\c3ccc(N(CC)CC)c(Br)c3)S2)cc1. The normalized spacial score (nSPS) is 16.3. The van der Waals surface area contributed by atoms with Gasteiger partial charge in [0.1, 0.15) is 5.75 Å². The minimum Gasteiger partial charge on any atom is -0.494 e. The van der Waals surface area contributed by atoms with Gasteiger partial charge in [-0.15, -0.1) is 0 Å². The van der Waals surface area contributed by atoms with Gasteiger partial charge in [0.25, 0.3) is 5.91 Å². The summed E-state index contributed by atoms with van der Waals surface area (Å²) in [7, 11) is 0. The van der Waals surface area contributed by atoms with Crippen molar-refractivity contribution < 1.29 is 9.53 Å². The number of carbonyl (C=O) groups excluding carboxylic acids is 1. The van der Waals surface area contributed by atoms with Gasteiger partial charge in [-0.3, -0.25) is 4.79 Å². The predicted octanol–water partition coefficient (Wildman–Crippen LogP) is 5.59. The topological polar surface area (TPSA) is 53.9 Å². The van der Waals surface area contributed by atoms with Crippen LogP contribution in [0.2, 0.25) is 0 Å². The van der Waals surface area contributed by atoms with Crippen molar-refractivity contribution in [2.75, 3.05) is 24.6 Å². The van der Waals surface area contributed by atoms with Crippen LogP contribution in [0.25, 0.3) is 6.08 Å². The van der Waals surface area contributed by atoms with Gasteiger partial charge in [-0.2, -0.15) is 0 Å². The summed E-state index contributed by atoms with van der Waals surface area (Å²) in [5.74, 6) is 0.669. The van der Waals surface area contributed by atoms with Crippen LogP contribution < -0.4 is 15.0 Å². The lowest BCUT2D eigenvalue weighted by molar-refractivity contribution is -0.115. The number of amides is 1. The lowest BCUT2D eigenvalue weighted by Gasteiger charge is -2.22. The molecule has 2 aromatic carbocycles. The number of anilines is 1. The van der Waals surface area contributed by atoms with Gasteiger partial charge in [-0.25, -0.2) is 4.99 Å². The third kappa shape index (κ3) is 5.42. The van der Waals surface area contributed by atoms with Crippen molar-refractivity contribution in [2.24, 2.45) is 4.99 Å². The molecule has 0 spiro atoms. The van der Waals surface area contributed by atoms with Gasteiger partial charge in [0, 0.05) is 17.6 Å². The number of aliphatic imine (C=N–C) groups is 1. The Hall–Kier alpha value is -2.25. The molecule has 0 aliphatic carbocycles. The number of nitrogens with zero attached hydrogens (tertiary/aromatic N) is 2. The standard InChI is InChI=1S/C22H24BrN3O2S/c1-4-26(5-2)19-12-7-15(13-18(19)23)14-20-21(27)25-22(29-20)24-16-8-10-17(11-9-16)28-6-3/h7-14H,4-6H2,1-3H3,(H,24,25,27)/b20-14+. The van der Waals surface area contributed by atoms with Crippen molar-refractivity contribution in [1.82, 2.24) is 5.32 Å². The molecular weight excluding hydrogens is 450 g/mol. The number of carbonyl (C=O) groups is 1. The van der Waals surface area contributed by atoms with E-state index in [0.717, 1.165) is 40.2 Å². The van der Waals surface area contributed by atoms with Crippen molar-refractivity contribution in [3.63, 3.8) is 0 Å². The third-order valence-corrected chi connectivity index (χ3v) is 5.95. The van der Waals surface area contributed by atoms with Crippen LogP contribution in [-0.2, 0) is 4.79 Å². The summed E-state index contributed by atoms with van der Waals surface area (Å²) in [4.78, 5) is 19.8. The van der Waals surface area contributed by atoms with Crippen molar-refractivity contribution >= 4 is 56.2 Å². The molecular formula is C22H24BrN3O2S. The highest BCUT2D eigenvalue weighted by Crippen LogP contribution is 2.32. The van der Waals surface area contributed by atoms with Crippen LogP contribution in [0.3, 0.4) is 0 Å². The molecule has 0 radical (unpaired) electrons. The summed E-state index contributed by atoms with van der Waals surface area (Å²) < 4.78 is 6.45. The lowest BCUT2D eigenvalue weighted by atomic mass is 10.1. The molecule has 3 rings (SSSR count). The first-order chi connectivity index (χ1) is 14.0. The zero-order chi connectivity index (χ0) is 20.8. The molecule has 1 N–H and O–H groups in total. The zero-order valence-electron chi connectivity index (χ0n) is 16.7. The van der Waals surface area contributed by atoms with Crippen molar-refractivity contribution in [3.05, 3.63) is 57.4 Å². The first-order valence-electron chi connectivity index (χ1n) is 9.61. The molecule has 1 amide bonds. The van der Waals surface area contributed by atoms with Gasteiger partial charge in [-0.1, -0.05) is 6.07 Å². The predicted molar refractivity (Wildman–Crippen MR) is 126 cm³/mol. The number of halogens is 1. The fourth-order valence-corrected chi connectivity index (χ4v) is 4.46. The quantitative estimate of drug-likeness (QED) is 0.532. The largest absolute Gasteiger partial charge is 0.494 e. The van der Waals surface area contributed by atoms with Crippen LogP contribution in [0, 0.1) is 0 Å². The number of hydrogen-bond acceptors (Lipinski definition) is 5. The molecule has 1 heterocycles. The molecule has 1 aliphatic rings. The molecule has 7 heteroatoms. The van der Waals surface area contributed by atoms with E-state index in [4.69, 9.17) is 4.74 Å². The van der Waals surface area contributed by atoms with Gasteiger partial charge in [0.05, 0.1) is 22.9 Å². The maximum Gasteiger partial charge on any atom is 0.264 e. The third-order valence-electron chi connectivity index (χ3n) is 4.40. The molecule has 2 aromatic rings. The van der Waals surface area contributed by atoms with E-state index in [0.29, 0.717) is 16.7 Å². The van der Waals surface area contributed by atoms with E-state index in [1.54, 1.807) is 0 Å². The Balaban J connectivity index is 1.76. The number of hydrogen-bond donors (Lipinski definition) is 1. The molecule has 0 atom stereocenters. The maximum absolute atomic E-state index is 12.4. The van der Waals surface area contributed by atoms with Crippen LogP contribution >= 0.6 is 27.7 Å². The molecule has 29 heavy (non-hydrogen) atoms. The van der Waals surface area contributed by atoms with E-state index in [9.17, 15) is 4.79 Å². The second kappa shape index (κ2) is 9.98. The van der Waals surface area contributed by atoms with E-state index >= 15 is 0 Å². The molecule has 152 valence electrons. The smallest absolute Gasteiger partial charge is 0.264 e. The van der Waals surface area contributed by atoms with Crippen LogP contribution in [-0.4, -0.2) is 30.8 Å². The van der Waals surface area contributed by atoms with Gasteiger partial charge < -0.3 is 15.0 Å². The Labute approximate surface area is 184 Å². The molecule has 0 bridgehead atoms. The number of nitrogens with one attached hydrogen (secondary N) is 1. The van der Waals surface area contributed by atoms with Crippen LogP contribution in [0.5, 0.6) is 5.75 Å². The summed E-state index contributed by atoms with van der Waals surface area (Å²) in [6.07, 6.45) is 1.89. The summed E-state index contributed by atoms with van der Waals surface area (Å²) in [5.41, 5.74) is 2.88. The van der Waals surface area contributed by atoms with E-state index < -0.39 is 0 Å². The number of ether oxygens (including phenoxy) is 1. The maximum atomic E-state index is 12.4. The summed E-state index contributed by atoms with van der Waals surface area (Å²) in [6.45, 7) is 8.73. The first-order valence-corrected chi connectivity index (χ1v) is 11.2. The number of rotatable bonds is 7. The highest BCUT2D eigenvalue weighted by atomic mass is 79.9. The van der Waals surface area contributed by atoms with Gasteiger partial charge >= 0.3 is 0 Å². The first kappa shape index (κ1) is 21.5. The van der Waals surface area contributed by atoms with E-state index in [1.165, 1.54) is 11.8 Å². The summed E-state index contributed by atoms with van der Waals surface area (Å²) in [5, 5.41) is 3.40. The fourth-order valence-electron chi connectivity index (χ4n) is 2.97. The Bertz CT molecular complexity index is 938. The molecule has 0 aromatic heterocycles. The highest BCUT2D eigenvalue weighted by Gasteiger charge is 2.24. The molecule has 0 saturated carbocycles. The van der Waals surface area contributed by atoms with E-state index in [-0.39, 0.29) is 5.91 Å². The molecule has 1 fully saturated rings. The summed E-state index contributed by atoms with van der Waals surface area (Å²) in [6, 6.07) is 13.6.